The van der Waals surface area contributed by atoms with Crippen LogP contribution in [0.4, 0.5) is 16.2 Å². The van der Waals surface area contributed by atoms with Gasteiger partial charge in [-0.05, 0) is 42.5 Å². The quantitative estimate of drug-likeness (QED) is 0.867. The first-order valence-corrected chi connectivity index (χ1v) is 5.93. The van der Waals surface area contributed by atoms with Crippen LogP contribution in [0.2, 0.25) is 10.0 Å². The maximum Gasteiger partial charge on any atom is 0.345 e. The van der Waals surface area contributed by atoms with Crippen LogP contribution >= 0.6 is 23.2 Å². The van der Waals surface area contributed by atoms with Crippen molar-refractivity contribution in [1.29, 1.82) is 0 Å². The minimum Gasteiger partial charge on any atom is -0.306 e. The van der Waals surface area contributed by atoms with Crippen LogP contribution < -0.4 is 10.6 Å². The fourth-order valence-corrected chi connectivity index (χ4v) is 1.67. The monoisotopic (exact) mass is 279 g/mol. The molecular formula is C13H9Cl2N2O. The van der Waals surface area contributed by atoms with Gasteiger partial charge in [-0.2, -0.15) is 5.32 Å². The van der Waals surface area contributed by atoms with Crippen LogP contribution in [0.5, 0.6) is 0 Å². The highest BCUT2D eigenvalue weighted by Crippen LogP contribution is 2.16. The molecule has 2 rings (SSSR count). The second kappa shape index (κ2) is 5.76. The highest BCUT2D eigenvalue weighted by atomic mass is 35.5. The van der Waals surface area contributed by atoms with Crippen LogP contribution in [0.3, 0.4) is 0 Å². The number of anilines is 1. The van der Waals surface area contributed by atoms with Gasteiger partial charge in [0.25, 0.3) is 0 Å². The van der Waals surface area contributed by atoms with Gasteiger partial charge in [0.15, 0.2) is 0 Å². The molecule has 0 aromatic heterocycles. The molecule has 2 aromatic rings. The van der Waals surface area contributed by atoms with Crippen LogP contribution in [0.1, 0.15) is 0 Å². The molecule has 91 valence electrons. The molecule has 0 fully saturated rings. The van der Waals surface area contributed by atoms with Crippen LogP contribution in [0.15, 0.2) is 48.5 Å². The predicted molar refractivity (Wildman–Crippen MR) is 73.7 cm³/mol. The van der Waals surface area contributed by atoms with Crippen molar-refractivity contribution in [1.82, 2.24) is 5.32 Å². The molecule has 0 spiro atoms. The molecule has 1 radical (unpaired) electrons. The molecule has 2 amide bonds. The number of hydrogen-bond acceptors (Lipinski definition) is 1. The highest BCUT2D eigenvalue weighted by molar-refractivity contribution is 6.31. The van der Waals surface area contributed by atoms with Crippen molar-refractivity contribution in [2.45, 2.75) is 0 Å². The number of nitrogens with one attached hydrogen (secondary N) is 1. The molecule has 0 saturated heterocycles. The lowest BCUT2D eigenvalue weighted by Crippen LogP contribution is -2.18. The van der Waals surface area contributed by atoms with E-state index < -0.39 is 6.03 Å². The predicted octanol–water partition coefficient (Wildman–Crippen LogP) is 4.46. The van der Waals surface area contributed by atoms with E-state index in [0.717, 1.165) is 0 Å². The number of nitrogens with zero attached hydrogens (tertiary/aromatic N) is 1. The third kappa shape index (κ3) is 3.65. The summed E-state index contributed by atoms with van der Waals surface area (Å²) >= 11 is 11.5. The molecule has 2 aromatic carbocycles. The minimum atomic E-state index is -0.459. The number of carbonyl (C=O) groups excluding carboxylic acids is 1. The van der Waals surface area contributed by atoms with Crippen molar-refractivity contribution in [2.75, 3.05) is 5.32 Å². The summed E-state index contributed by atoms with van der Waals surface area (Å²) in [5, 5.41) is 7.65. The molecule has 0 aliphatic rings. The first-order valence-electron chi connectivity index (χ1n) is 5.17. The SMILES string of the molecule is O=C([N]c1ccc(Cl)cc1)Nc1cccc(Cl)c1. The zero-order valence-corrected chi connectivity index (χ0v) is 10.7. The van der Waals surface area contributed by atoms with Gasteiger partial charge in [-0.15, -0.1) is 0 Å². The summed E-state index contributed by atoms with van der Waals surface area (Å²) in [5.41, 5.74) is 1.14. The van der Waals surface area contributed by atoms with Crippen molar-refractivity contribution >= 4 is 40.6 Å². The van der Waals surface area contributed by atoms with Gasteiger partial charge in [-0.3, -0.25) is 0 Å². The van der Waals surface area contributed by atoms with Crippen molar-refractivity contribution in [3.8, 4) is 0 Å². The standard InChI is InChI=1S/C13H9Cl2N2O/c14-9-4-6-11(7-5-9)16-13(18)17-12-3-1-2-10(15)8-12/h1-8H,(H,17,18). The molecule has 0 bridgehead atoms. The molecule has 0 saturated carbocycles. The van der Waals surface area contributed by atoms with Crippen molar-refractivity contribution in [3.05, 3.63) is 58.6 Å². The van der Waals surface area contributed by atoms with Crippen LogP contribution in [0, 0.1) is 0 Å². The van der Waals surface area contributed by atoms with Gasteiger partial charge in [-0.1, -0.05) is 29.3 Å². The van der Waals surface area contributed by atoms with Gasteiger partial charge in [0.1, 0.15) is 0 Å². The molecular weight excluding hydrogens is 271 g/mol. The Labute approximate surface area is 115 Å². The molecule has 0 atom stereocenters. The van der Waals surface area contributed by atoms with Crippen molar-refractivity contribution < 1.29 is 4.79 Å². The van der Waals surface area contributed by atoms with E-state index in [1.54, 1.807) is 48.5 Å². The smallest absolute Gasteiger partial charge is 0.306 e. The highest BCUT2D eigenvalue weighted by Gasteiger charge is 2.05. The number of benzene rings is 2. The minimum absolute atomic E-state index is 0.459. The Kier molecular flexibility index (Phi) is 4.07. The molecule has 0 aliphatic carbocycles. The molecule has 5 heteroatoms. The fraction of sp³-hybridized carbons (Fsp3) is 0. The van der Waals surface area contributed by atoms with Gasteiger partial charge in [0.2, 0.25) is 0 Å². The van der Waals surface area contributed by atoms with E-state index in [1.807, 2.05) is 0 Å². The summed E-state index contributed by atoms with van der Waals surface area (Å²) in [4.78, 5) is 11.6. The average molecular weight is 280 g/mol. The molecule has 18 heavy (non-hydrogen) atoms. The lowest BCUT2D eigenvalue weighted by Gasteiger charge is -2.05. The van der Waals surface area contributed by atoms with E-state index in [2.05, 4.69) is 10.6 Å². The Hall–Kier alpha value is -1.71. The first kappa shape index (κ1) is 12.7. The summed E-state index contributed by atoms with van der Waals surface area (Å²) < 4.78 is 0. The maximum atomic E-state index is 11.6. The lowest BCUT2D eigenvalue weighted by atomic mass is 10.3. The summed E-state index contributed by atoms with van der Waals surface area (Å²) in [7, 11) is 0. The third-order valence-electron chi connectivity index (χ3n) is 2.13. The van der Waals surface area contributed by atoms with E-state index >= 15 is 0 Å². The zero-order valence-electron chi connectivity index (χ0n) is 9.23. The number of amides is 2. The average Bonchev–Trinajstić information content (AvgIpc) is 2.32. The normalized spacial score (nSPS) is 9.89. The molecule has 0 aliphatic heterocycles. The second-order valence-corrected chi connectivity index (χ2v) is 4.40. The molecule has 0 unspecified atom stereocenters. The second-order valence-electron chi connectivity index (χ2n) is 3.53. The van der Waals surface area contributed by atoms with Gasteiger partial charge < -0.3 is 5.32 Å². The fourth-order valence-electron chi connectivity index (χ4n) is 1.35. The Bertz CT molecular complexity index is 555. The molecule has 0 heterocycles. The third-order valence-corrected chi connectivity index (χ3v) is 2.62. The zero-order chi connectivity index (χ0) is 13.0. The van der Waals surface area contributed by atoms with Crippen molar-refractivity contribution in [3.63, 3.8) is 0 Å². The van der Waals surface area contributed by atoms with Gasteiger partial charge >= 0.3 is 6.03 Å². The van der Waals surface area contributed by atoms with E-state index in [1.165, 1.54) is 0 Å². The Morgan fingerprint density at radius 1 is 1.00 bits per heavy atom. The van der Waals surface area contributed by atoms with Crippen molar-refractivity contribution in [2.24, 2.45) is 0 Å². The summed E-state index contributed by atoms with van der Waals surface area (Å²) in [6.07, 6.45) is 0. The van der Waals surface area contributed by atoms with E-state index in [9.17, 15) is 4.79 Å². The van der Waals surface area contributed by atoms with E-state index in [-0.39, 0.29) is 0 Å². The number of halogens is 2. The topological polar surface area (TPSA) is 43.2 Å². The number of hydrogen-bond donors (Lipinski definition) is 1. The van der Waals surface area contributed by atoms with Crippen LogP contribution in [0.25, 0.3) is 0 Å². The molecule has 3 nitrogen and oxygen atoms in total. The van der Waals surface area contributed by atoms with Gasteiger partial charge in [0.05, 0.1) is 5.69 Å². The van der Waals surface area contributed by atoms with E-state index in [4.69, 9.17) is 23.2 Å². The van der Waals surface area contributed by atoms with Gasteiger partial charge in [0, 0.05) is 15.7 Å². The summed E-state index contributed by atoms with van der Waals surface area (Å²) in [5.74, 6) is 0. The Morgan fingerprint density at radius 2 is 1.72 bits per heavy atom. The maximum absolute atomic E-state index is 11.6. The first-order chi connectivity index (χ1) is 8.63. The number of carbonyl (C=O) groups is 1. The largest absolute Gasteiger partial charge is 0.345 e. The lowest BCUT2D eigenvalue weighted by molar-refractivity contribution is 0.255. The summed E-state index contributed by atoms with van der Waals surface area (Å²) in [6.45, 7) is 0. The van der Waals surface area contributed by atoms with E-state index in [0.29, 0.717) is 21.4 Å². The summed E-state index contributed by atoms with van der Waals surface area (Å²) in [6, 6.07) is 13.1. The van der Waals surface area contributed by atoms with Crippen LogP contribution in [-0.2, 0) is 0 Å². The number of rotatable bonds is 2. The van der Waals surface area contributed by atoms with Crippen LogP contribution in [-0.4, -0.2) is 6.03 Å². The van der Waals surface area contributed by atoms with Gasteiger partial charge in [-0.25, -0.2) is 4.79 Å². The Balaban J connectivity index is 1.98. The Morgan fingerprint density at radius 3 is 2.39 bits per heavy atom. The molecule has 1 N–H and O–H groups in total. The number of urea groups is 1.